The molecular weight excluding hydrogens is 777 g/mol. The van der Waals surface area contributed by atoms with Crippen LogP contribution in [0.1, 0.15) is 64.0 Å². The van der Waals surface area contributed by atoms with E-state index in [0.29, 0.717) is 0 Å². The van der Waals surface area contributed by atoms with Gasteiger partial charge in [-0.25, -0.2) is 0 Å². The van der Waals surface area contributed by atoms with Gasteiger partial charge in [0.05, 0.1) is 8.07 Å². The van der Waals surface area contributed by atoms with Crippen molar-refractivity contribution in [3.63, 3.8) is 0 Å². The smallest absolute Gasteiger partial charge is 0.0798 e. The van der Waals surface area contributed by atoms with Gasteiger partial charge in [-0.05, 0) is 76.6 Å². The van der Waals surface area contributed by atoms with Crippen LogP contribution in [0.15, 0.2) is 103 Å². The maximum atomic E-state index is 4.82. The van der Waals surface area contributed by atoms with Gasteiger partial charge < -0.3 is 9.97 Å². The fourth-order valence-electron chi connectivity index (χ4n) is 7.49. The van der Waals surface area contributed by atoms with E-state index in [1.165, 1.54) is 49.7 Å². The van der Waals surface area contributed by atoms with Gasteiger partial charge >= 0.3 is 0 Å². The van der Waals surface area contributed by atoms with E-state index in [1.807, 2.05) is 36.5 Å². The Labute approximate surface area is 304 Å². The van der Waals surface area contributed by atoms with Gasteiger partial charge in [0.25, 0.3) is 0 Å². The average Bonchev–Trinajstić information content (AvgIpc) is 3.09. The molecule has 0 aliphatic heterocycles. The summed E-state index contributed by atoms with van der Waals surface area (Å²) in [6.45, 7) is 14.0. The van der Waals surface area contributed by atoms with Crippen LogP contribution in [-0.2, 0) is 31.9 Å². The van der Waals surface area contributed by atoms with Gasteiger partial charge in [0.15, 0.2) is 0 Å². The minimum atomic E-state index is -1.38. The quantitative estimate of drug-likeness (QED) is 0.126. The molecule has 5 aromatic rings. The van der Waals surface area contributed by atoms with Crippen LogP contribution in [-0.4, -0.2) is 18.0 Å². The van der Waals surface area contributed by atoms with Crippen LogP contribution >= 0.6 is 0 Å². The number of rotatable bonds is 6. The van der Waals surface area contributed by atoms with Crippen molar-refractivity contribution in [1.29, 1.82) is 0 Å². The van der Waals surface area contributed by atoms with Crippen LogP contribution in [0, 0.1) is 29.9 Å². The van der Waals surface area contributed by atoms with Gasteiger partial charge in [0.1, 0.15) is 0 Å². The predicted octanol–water partition coefficient (Wildman–Crippen LogP) is 11.0. The summed E-state index contributed by atoms with van der Waals surface area (Å²) >= 11 is 0. The molecule has 0 amide bonds. The molecule has 0 spiro atoms. The average molecular weight is 827 g/mol. The van der Waals surface area contributed by atoms with Gasteiger partial charge in [0, 0.05) is 32.5 Å². The first-order valence-corrected chi connectivity index (χ1v) is 21.0. The van der Waals surface area contributed by atoms with Crippen LogP contribution in [0.3, 0.4) is 0 Å². The molecule has 2 nitrogen and oxygen atoms in total. The molecule has 251 valence electrons. The summed E-state index contributed by atoms with van der Waals surface area (Å²) in [5.74, 6) is 2.88. The van der Waals surface area contributed by atoms with E-state index in [-0.39, 0.29) is 25.5 Å². The summed E-state index contributed by atoms with van der Waals surface area (Å²) in [5, 5.41) is 1.56. The summed E-state index contributed by atoms with van der Waals surface area (Å²) < 4.78 is 0. The molecule has 3 saturated carbocycles. The van der Waals surface area contributed by atoms with Crippen molar-refractivity contribution in [3.8, 4) is 33.6 Å². The number of benzene rings is 3. The first-order chi connectivity index (χ1) is 22.5. The minimum absolute atomic E-state index is 0. The molecular formula is C44H50IrN2Si-2. The number of hydrogen-bond donors (Lipinski definition) is 0. The molecule has 0 N–H and O–H groups in total. The van der Waals surface area contributed by atoms with E-state index in [9.17, 15) is 0 Å². The molecule has 3 aliphatic carbocycles. The second-order valence-electron chi connectivity index (χ2n) is 15.8. The molecule has 3 aromatic carbocycles. The second kappa shape index (κ2) is 15.6. The standard InChI is InChI=1S/C23H30NSi.C21H20N.Ir/c1-25(2,3)23-16-24-22(19-7-5-4-6-8-19)15-21(23)14-20-13-17-9-11-18(20)12-10-17;1-21(2,3)19-12-9-17(10-13-19)20-14-11-18(15-22-20)16-7-5-4-6-8-16;/h4-7,15-18,20H,9-14H2,1-3H3;4-9,11-15H,1-3H3;/q2*-1;. The Morgan fingerprint density at radius 3 is 2.00 bits per heavy atom. The van der Waals surface area contributed by atoms with Crippen LogP contribution in [0.25, 0.3) is 33.6 Å². The number of pyridine rings is 2. The van der Waals surface area contributed by atoms with Gasteiger partial charge in [-0.15, -0.1) is 71.3 Å². The summed E-state index contributed by atoms with van der Waals surface area (Å²) in [7, 11) is -1.38. The molecule has 1 atom stereocenters. The Bertz CT molecular complexity index is 1730. The maximum Gasteiger partial charge on any atom is 0.0798 e. The molecule has 48 heavy (non-hydrogen) atoms. The molecule has 2 bridgehead atoms. The Balaban J connectivity index is 0.000000186. The third-order valence-electron chi connectivity index (χ3n) is 10.3. The SMILES string of the molecule is CC(C)(C)c1c[c-]c(-c2ccc(-c3ccccc3)cn2)cc1.C[Si](C)(C)c1cnc(-c2[c-]cccc2)cc1CC1CC2CCC1CC2.[Ir]. The van der Waals surface area contributed by atoms with Gasteiger partial charge in [-0.2, -0.15) is 0 Å². The zero-order valence-corrected chi connectivity index (χ0v) is 32.9. The van der Waals surface area contributed by atoms with Crippen LogP contribution in [0.2, 0.25) is 19.6 Å². The number of nitrogens with zero attached hydrogens (tertiary/aromatic N) is 2. The summed E-state index contributed by atoms with van der Waals surface area (Å²) in [4.78, 5) is 9.41. The molecule has 1 unspecified atom stereocenters. The third kappa shape index (κ3) is 8.89. The summed E-state index contributed by atoms with van der Waals surface area (Å²) in [6, 6.07) is 38.1. The maximum absolute atomic E-state index is 4.82. The van der Waals surface area contributed by atoms with Crippen molar-refractivity contribution < 1.29 is 20.1 Å². The Morgan fingerprint density at radius 2 is 1.44 bits per heavy atom. The minimum Gasteiger partial charge on any atom is -0.305 e. The molecule has 3 fully saturated rings. The first kappa shape index (κ1) is 36.1. The van der Waals surface area contributed by atoms with E-state index in [2.05, 4.69) is 124 Å². The molecule has 2 heterocycles. The zero-order chi connectivity index (χ0) is 33.0. The summed E-state index contributed by atoms with van der Waals surface area (Å²) in [6.07, 6.45) is 12.8. The van der Waals surface area contributed by atoms with Crippen molar-refractivity contribution in [3.05, 3.63) is 127 Å². The molecule has 1 radical (unpaired) electrons. The van der Waals surface area contributed by atoms with E-state index in [1.54, 1.807) is 10.8 Å². The van der Waals surface area contributed by atoms with Gasteiger partial charge in [-0.1, -0.05) is 107 Å². The fraction of sp³-hybridized carbons (Fsp3) is 0.364. The van der Waals surface area contributed by atoms with E-state index < -0.39 is 8.07 Å². The monoisotopic (exact) mass is 827 g/mol. The number of aromatic nitrogens is 2. The number of hydrogen-bond acceptors (Lipinski definition) is 2. The van der Waals surface area contributed by atoms with Crippen LogP contribution in [0.5, 0.6) is 0 Å². The first-order valence-electron chi connectivity index (χ1n) is 17.5. The Kier molecular flexibility index (Phi) is 11.7. The molecule has 4 heteroatoms. The third-order valence-corrected chi connectivity index (χ3v) is 12.4. The molecule has 0 saturated heterocycles. The normalized spacial score (nSPS) is 18.8. The van der Waals surface area contributed by atoms with Crippen LogP contribution in [0.4, 0.5) is 0 Å². The molecule has 8 rings (SSSR count). The van der Waals surface area contributed by atoms with E-state index >= 15 is 0 Å². The topological polar surface area (TPSA) is 25.8 Å². The Hall–Kier alpha value is -3.17. The fourth-order valence-corrected chi connectivity index (χ4v) is 9.08. The molecule has 3 aliphatic rings. The van der Waals surface area contributed by atoms with Crippen molar-refractivity contribution in [2.24, 2.45) is 17.8 Å². The van der Waals surface area contributed by atoms with Gasteiger partial charge in [-0.3, -0.25) is 0 Å². The Morgan fingerprint density at radius 1 is 0.729 bits per heavy atom. The van der Waals surface area contributed by atoms with Crippen LogP contribution < -0.4 is 5.19 Å². The van der Waals surface area contributed by atoms with E-state index in [0.717, 1.165) is 45.8 Å². The van der Waals surface area contributed by atoms with E-state index in [4.69, 9.17) is 4.98 Å². The predicted molar refractivity (Wildman–Crippen MR) is 201 cm³/mol. The zero-order valence-electron chi connectivity index (χ0n) is 29.5. The van der Waals surface area contributed by atoms with Crippen molar-refractivity contribution in [2.45, 2.75) is 84.4 Å². The number of fused-ring (bicyclic) bond motifs is 3. The summed E-state index contributed by atoms with van der Waals surface area (Å²) in [5.41, 5.74) is 9.56. The van der Waals surface area contributed by atoms with Crippen molar-refractivity contribution in [1.82, 2.24) is 9.97 Å². The second-order valence-corrected chi connectivity index (χ2v) is 20.8. The van der Waals surface area contributed by atoms with Crippen molar-refractivity contribution >= 4 is 13.3 Å². The van der Waals surface area contributed by atoms with Crippen molar-refractivity contribution in [2.75, 3.05) is 0 Å². The largest absolute Gasteiger partial charge is 0.305 e. The van der Waals surface area contributed by atoms with Gasteiger partial charge in [0.2, 0.25) is 0 Å². The molecule has 2 aromatic heterocycles.